The molecule has 0 aromatic heterocycles. The molecule has 1 unspecified atom stereocenters. The summed E-state index contributed by atoms with van der Waals surface area (Å²) >= 11 is 6.14. The van der Waals surface area contributed by atoms with Gasteiger partial charge in [0, 0.05) is 17.8 Å². The largest absolute Gasteiger partial charge is 0.399 e. The van der Waals surface area contributed by atoms with E-state index >= 15 is 0 Å². The molecule has 0 radical (unpaired) electrons. The lowest BCUT2D eigenvalue weighted by molar-refractivity contribution is 0.198. The Morgan fingerprint density at radius 3 is 2.41 bits per heavy atom. The first-order valence-electron chi connectivity index (χ1n) is 6.63. The van der Waals surface area contributed by atoms with Crippen molar-refractivity contribution in [3.63, 3.8) is 0 Å². The zero-order valence-corrected chi connectivity index (χ0v) is 13.5. The number of anilines is 1. The molecule has 7 heteroatoms. The summed E-state index contributed by atoms with van der Waals surface area (Å²) in [4.78, 5) is 0.128. The van der Waals surface area contributed by atoms with Crippen molar-refractivity contribution < 1.29 is 13.5 Å². The van der Waals surface area contributed by atoms with E-state index in [0.29, 0.717) is 10.7 Å². The molecule has 1 atom stereocenters. The van der Waals surface area contributed by atoms with E-state index < -0.39 is 16.1 Å². The molecule has 2 aromatic rings. The summed E-state index contributed by atoms with van der Waals surface area (Å²) in [7, 11) is -3.63. The van der Waals surface area contributed by atoms with Crippen LogP contribution in [-0.2, 0) is 10.0 Å². The quantitative estimate of drug-likeness (QED) is 0.728. The number of hydrogen-bond donors (Lipinski definition) is 3. The topological polar surface area (TPSA) is 92.4 Å². The van der Waals surface area contributed by atoms with E-state index in [4.69, 9.17) is 22.4 Å². The van der Waals surface area contributed by atoms with E-state index in [-0.39, 0.29) is 11.4 Å². The summed E-state index contributed by atoms with van der Waals surface area (Å²) in [5.74, 6) is 0. The van der Waals surface area contributed by atoms with Crippen molar-refractivity contribution in [1.29, 1.82) is 0 Å². The van der Waals surface area contributed by atoms with Crippen molar-refractivity contribution in [3.8, 4) is 11.1 Å². The van der Waals surface area contributed by atoms with E-state index in [1.54, 1.807) is 30.3 Å². The normalized spacial score (nSPS) is 13.0. The number of sulfonamides is 1. The van der Waals surface area contributed by atoms with Crippen molar-refractivity contribution in [2.75, 3.05) is 12.3 Å². The number of rotatable bonds is 5. The second-order valence-corrected chi connectivity index (χ2v) is 7.14. The second kappa shape index (κ2) is 6.66. The predicted octanol–water partition coefficient (Wildman–Crippen LogP) is 2.25. The Morgan fingerprint density at radius 1 is 1.23 bits per heavy atom. The number of nitrogen functional groups attached to an aromatic ring is 1. The van der Waals surface area contributed by atoms with Gasteiger partial charge < -0.3 is 10.8 Å². The van der Waals surface area contributed by atoms with Crippen LogP contribution < -0.4 is 10.5 Å². The highest BCUT2D eigenvalue weighted by molar-refractivity contribution is 7.89. The molecular formula is C15H17ClN2O3S. The molecule has 0 saturated heterocycles. The van der Waals surface area contributed by atoms with Crippen molar-refractivity contribution in [2.24, 2.45) is 0 Å². The van der Waals surface area contributed by atoms with Gasteiger partial charge in [0.25, 0.3) is 0 Å². The standard InChI is InChI=1S/C15H17ClN2O3S/c1-10(19)9-18-22(20,21)13-5-2-11(3-6-13)14-7-4-12(17)8-15(14)16/h2-8,10,18-19H,9,17H2,1H3. The Morgan fingerprint density at radius 2 is 1.86 bits per heavy atom. The third-order valence-corrected chi connectivity index (χ3v) is 4.79. The average Bonchev–Trinajstić information content (AvgIpc) is 2.45. The van der Waals surface area contributed by atoms with Crippen LogP contribution in [0.4, 0.5) is 5.69 Å². The summed E-state index contributed by atoms with van der Waals surface area (Å²) < 4.78 is 26.4. The molecule has 0 saturated carbocycles. The molecule has 0 aliphatic rings. The number of benzene rings is 2. The summed E-state index contributed by atoms with van der Waals surface area (Å²) in [6.07, 6.45) is -0.748. The number of aliphatic hydroxyl groups excluding tert-OH is 1. The smallest absolute Gasteiger partial charge is 0.240 e. The van der Waals surface area contributed by atoms with Crippen LogP contribution in [-0.4, -0.2) is 26.2 Å². The molecule has 0 bridgehead atoms. The fourth-order valence-electron chi connectivity index (χ4n) is 1.89. The molecule has 0 aliphatic carbocycles. The van der Waals surface area contributed by atoms with E-state index in [1.165, 1.54) is 19.1 Å². The summed E-state index contributed by atoms with van der Waals surface area (Å²) in [6.45, 7) is 1.47. The van der Waals surface area contributed by atoms with Crippen LogP contribution in [0.15, 0.2) is 47.4 Å². The van der Waals surface area contributed by atoms with Crippen LogP contribution in [0.2, 0.25) is 5.02 Å². The SMILES string of the molecule is CC(O)CNS(=O)(=O)c1ccc(-c2ccc(N)cc2Cl)cc1. The highest BCUT2D eigenvalue weighted by Gasteiger charge is 2.14. The van der Waals surface area contributed by atoms with Gasteiger partial charge in [-0.15, -0.1) is 0 Å². The fourth-order valence-corrected chi connectivity index (χ4v) is 3.31. The van der Waals surface area contributed by atoms with Crippen LogP contribution in [0.3, 0.4) is 0 Å². The van der Waals surface area contributed by atoms with Gasteiger partial charge in [0.15, 0.2) is 0 Å². The Bertz CT molecular complexity index is 759. The minimum absolute atomic E-state index is 0.0339. The molecule has 0 aliphatic heterocycles. The van der Waals surface area contributed by atoms with Gasteiger partial charge >= 0.3 is 0 Å². The maximum Gasteiger partial charge on any atom is 0.240 e. The Balaban J connectivity index is 2.27. The lowest BCUT2D eigenvalue weighted by Gasteiger charge is -2.10. The Kier molecular flexibility index (Phi) is 5.08. The monoisotopic (exact) mass is 340 g/mol. The van der Waals surface area contributed by atoms with Crippen molar-refractivity contribution >= 4 is 27.3 Å². The van der Waals surface area contributed by atoms with E-state index in [9.17, 15) is 8.42 Å². The highest BCUT2D eigenvalue weighted by atomic mass is 35.5. The van der Waals surface area contributed by atoms with Crippen molar-refractivity contribution in [1.82, 2.24) is 4.72 Å². The van der Waals surface area contributed by atoms with Crippen molar-refractivity contribution in [2.45, 2.75) is 17.9 Å². The molecule has 0 spiro atoms. The predicted molar refractivity (Wildman–Crippen MR) is 88.2 cm³/mol. The van der Waals surface area contributed by atoms with Gasteiger partial charge in [0.2, 0.25) is 10.0 Å². The first kappa shape index (κ1) is 16.8. The summed E-state index contributed by atoms with van der Waals surface area (Å²) in [5.41, 5.74) is 7.78. The summed E-state index contributed by atoms with van der Waals surface area (Å²) in [6, 6.07) is 11.5. The average molecular weight is 341 g/mol. The van der Waals surface area contributed by atoms with Crippen LogP contribution in [0.1, 0.15) is 6.92 Å². The number of nitrogens with one attached hydrogen (secondary N) is 1. The molecule has 2 aromatic carbocycles. The van der Waals surface area contributed by atoms with Gasteiger partial charge in [-0.3, -0.25) is 0 Å². The number of nitrogens with two attached hydrogens (primary N) is 1. The zero-order chi connectivity index (χ0) is 16.3. The van der Waals surface area contributed by atoms with E-state index in [1.807, 2.05) is 0 Å². The Hall–Kier alpha value is -1.60. The Labute approximate surface area is 134 Å². The minimum atomic E-state index is -3.63. The number of halogens is 1. The van der Waals surface area contributed by atoms with E-state index in [2.05, 4.69) is 4.72 Å². The molecular weight excluding hydrogens is 324 g/mol. The van der Waals surface area contributed by atoms with Gasteiger partial charge in [-0.2, -0.15) is 0 Å². The third-order valence-electron chi connectivity index (χ3n) is 3.04. The first-order chi connectivity index (χ1) is 10.3. The lowest BCUT2D eigenvalue weighted by atomic mass is 10.1. The molecule has 2 rings (SSSR count). The molecule has 4 N–H and O–H groups in total. The molecule has 0 heterocycles. The van der Waals surface area contributed by atoms with Crippen LogP contribution in [0.25, 0.3) is 11.1 Å². The zero-order valence-electron chi connectivity index (χ0n) is 12.0. The maximum atomic E-state index is 12.0. The van der Waals surface area contributed by atoms with Crippen LogP contribution in [0.5, 0.6) is 0 Å². The van der Waals surface area contributed by atoms with Gasteiger partial charge in [-0.1, -0.05) is 29.8 Å². The van der Waals surface area contributed by atoms with Crippen molar-refractivity contribution in [3.05, 3.63) is 47.5 Å². The van der Waals surface area contributed by atoms with Crippen LogP contribution in [0, 0.1) is 0 Å². The lowest BCUT2D eigenvalue weighted by Crippen LogP contribution is -2.30. The highest BCUT2D eigenvalue weighted by Crippen LogP contribution is 2.30. The van der Waals surface area contributed by atoms with Crippen LogP contribution >= 0.6 is 11.6 Å². The number of aliphatic hydroxyl groups is 1. The minimum Gasteiger partial charge on any atom is -0.399 e. The molecule has 118 valence electrons. The molecule has 0 fully saturated rings. The molecule has 22 heavy (non-hydrogen) atoms. The second-order valence-electron chi connectivity index (χ2n) is 4.96. The third kappa shape index (κ3) is 3.98. The van der Waals surface area contributed by atoms with Gasteiger partial charge in [0.05, 0.1) is 16.0 Å². The maximum absolute atomic E-state index is 12.0. The molecule has 5 nitrogen and oxygen atoms in total. The van der Waals surface area contributed by atoms with Gasteiger partial charge in [-0.05, 0) is 36.8 Å². The fraction of sp³-hybridized carbons (Fsp3) is 0.200. The van der Waals surface area contributed by atoms with Gasteiger partial charge in [0.1, 0.15) is 0 Å². The molecule has 0 amide bonds. The van der Waals surface area contributed by atoms with Gasteiger partial charge in [-0.25, -0.2) is 13.1 Å². The first-order valence-corrected chi connectivity index (χ1v) is 8.49. The van der Waals surface area contributed by atoms with E-state index in [0.717, 1.165) is 11.1 Å². The number of hydrogen-bond acceptors (Lipinski definition) is 4. The summed E-state index contributed by atoms with van der Waals surface area (Å²) in [5, 5.41) is 9.66.